The summed E-state index contributed by atoms with van der Waals surface area (Å²) in [7, 11) is 0. The number of carbonyl (C=O) groups excluding carboxylic acids is 2. The Kier molecular flexibility index (Phi) is 7.22. The zero-order valence-corrected chi connectivity index (χ0v) is 14.6. The number of esters is 2. The van der Waals surface area contributed by atoms with E-state index in [4.69, 9.17) is 9.47 Å². The Hall–Kier alpha value is -0.370. The molecule has 20 heavy (non-hydrogen) atoms. The number of alkyl halides is 1. The van der Waals surface area contributed by atoms with Crippen LogP contribution in [-0.2, 0) is 19.1 Å². The molecular weight excluding hydrogens is 373 g/mol. The van der Waals surface area contributed by atoms with Crippen molar-refractivity contribution < 1.29 is 24.4 Å². The summed E-state index contributed by atoms with van der Waals surface area (Å²) in [5.41, 5.74) is -0.439. The quantitative estimate of drug-likeness (QED) is 0.413. The number of carbonyl (C=O) groups is 2. The maximum atomic E-state index is 11.8. The summed E-state index contributed by atoms with van der Waals surface area (Å²) in [4.78, 5) is 23.1. The molecule has 1 atom stereocenters. The number of hydrogen-bond acceptors (Lipinski definition) is 4. The molecule has 1 aliphatic heterocycles. The van der Waals surface area contributed by atoms with E-state index in [1.807, 2.05) is 36.4 Å². The van der Waals surface area contributed by atoms with Crippen molar-refractivity contribution >= 4 is 34.5 Å². The highest BCUT2D eigenvalue weighted by Crippen LogP contribution is 2.28. The van der Waals surface area contributed by atoms with E-state index in [1.165, 1.54) is 0 Å². The van der Waals surface area contributed by atoms with E-state index in [1.54, 1.807) is 6.92 Å². The van der Waals surface area contributed by atoms with E-state index in [0.29, 0.717) is 5.92 Å². The molecule has 0 aromatic heterocycles. The summed E-state index contributed by atoms with van der Waals surface area (Å²) in [6.45, 7) is 7.98. The van der Waals surface area contributed by atoms with Gasteiger partial charge in [0.15, 0.2) is 0 Å². The third kappa shape index (κ3) is 5.95. The van der Waals surface area contributed by atoms with Gasteiger partial charge >= 0.3 is 11.9 Å². The summed E-state index contributed by atoms with van der Waals surface area (Å²) in [6, 6.07) is 0. The summed E-state index contributed by atoms with van der Waals surface area (Å²) in [5.74, 6) is -0.174. The van der Waals surface area contributed by atoms with Gasteiger partial charge in [-0.2, -0.15) is 0 Å². The first-order chi connectivity index (χ1) is 9.33. The Labute approximate surface area is 134 Å². The molecule has 116 valence electrons. The molecule has 0 aromatic rings. The molecular formula is C14H25INO4+. The van der Waals surface area contributed by atoms with Crippen LogP contribution in [-0.4, -0.2) is 41.2 Å². The zero-order chi connectivity index (χ0) is 15.2. The first-order valence-electron chi connectivity index (χ1n) is 7.17. The lowest BCUT2D eigenvalue weighted by atomic mass is 9.83. The maximum Gasteiger partial charge on any atom is 0.318 e. The van der Waals surface area contributed by atoms with Gasteiger partial charge in [0.25, 0.3) is 0 Å². The molecule has 1 fully saturated rings. The molecule has 2 N–H and O–H groups in total. The van der Waals surface area contributed by atoms with Gasteiger partial charge in [-0.25, -0.2) is 0 Å². The zero-order valence-electron chi connectivity index (χ0n) is 12.5. The fourth-order valence-corrected chi connectivity index (χ4v) is 2.58. The van der Waals surface area contributed by atoms with Crippen molar-refractivity contribution in [3.63, 3.8) is 0 Å². The van der Waals surface area contributed by atoms with Crippen LogP contribution in [0.1, 0.15) is 40.0 Å². The highest BCUT2D eigenvalue weighted by Gasteiger charge is 2.35. The lowest BCUT2D eigenvalue weighted by molar-refractivity contribution is -0.665. The number of nitrogens with two attached hydrogens (primary N) is 1. The predicted octanol–water partition coefficient (Wildman–Crippen LogP) is 1.04. The third-order valence-electron chi connectivity index (χ3n) is 3.67. The van der Waals surface area contributed by atoms with Crippen LogP contribution in [0.5, 0.6) is 0 Å². The Morgan fingerprint density at radius 3 is 2.50 bits per heavy atom. The predicted molar refractivity (Wildman–Crippen MR) is 83.6 cm³/mol. The van der Waals surface area contributed by atoms with E-state index >= 15 is 0 Å². The molecule has 1 unspecified atom stereocenters. The van der Waals surface area contributed by atoms with Gasteiger partial charge in [0.05, 0.1) is 19.5 Å². The van der Waals surface area contributed by atoms with Crippen LogP contribution in [0, 0.1) is 5.92 Å². The van der Waals surface area contributed by atoms with E-state index in [2.05, 4.69) is 5.32 Å². The second kappa shape index (κ2) is 8.17. The SMILES string of the molecule is CC(I)C(=O)OCCC(=O)OC(C)(C)C1CC[NH2+]CC1. The first-order valence-corrected chi connectivity index (χ1v) is 8.41. The molecule has 1 aliphatic rings. The van der Waals surface area contributed by atoms with Crippen LogP contribution < -0.4 is 5.32 Å². The van der Waals surface area contributed by atoms with Crippen molar-refractivity contribution in [1.82, 2.24) is 0 Å². The highest BCUT2D eigenvalue weighted by molar-refractivity contribution is 14.1. The van der Waals surface area contributed by atoms with Crippen molar-refractivity contribution in [2.75, 3.05) is 19.7 Å². The van der Waals surface area contributed by atoms with Crippen LogP contribution in [0.25, 0.3) is 0 Å². The number of quaternary nitrogens is 1. The van der Waals surface area contributed by atoms with Crippen LogP contribution in [0.4, 0.5) is 0 Å². The number of hydrogen-bond donors (Lipinski definition) is 1. The monoisotopic (exact) mass is 398 g/mol. The minimum atomic E-state index is -0.439. The number of rotatable bonds is 6. The van der Waals surface area contributed by atoms with Gasteiger partial charge in [-0.3, -0.25) is 9.59 Å². The Bertz CT molecular complexity index is 338. The van der Waals surface area contributed by atoms with Gasteiger partial charge in [-0.05, 0) is 20.8 Å². The molecule has 0 amide bonds. The molecule has 1 saturated heterocycles. The van der Waals surface area contributed by atoms with Crippen molar-refractivity contribution in [3.8, 4) is 0 Å². The van der Waals surface area contributed by atoms with E-state index < -0.39 is 5.60 Å². The molecule has 1 heterocycles. The van der Waals surface area contributed by atoms with Gasteiger partial charge in [0.2, 0.25) is 0 Å². The topological polar surface area (TPSA) is 69.2 Å². The second-order valence-corrected chi connectivity index (χ2v) is 7.62. The fourth-order valence-electron chi connectivity index (χ4n) is 2.40. The summed E-state index contributed by atoms with van der Waals surface area (Å²) in [6.07, 6.45) is 2.26. The maximum absolute atomic E-state index is 11.8. The smallest absolute Gasteiger partial charge is 0.318 e. The number of ether oxygens (including phenoxy) is 2. The molecule has 0 radical (unpaired) electrons. The Morgan fingerprint density at radius 1 is 1.35 bits per heavy atom. The van der Waals surface area contributed by atoms with E-state index in [-0.39, 0.29) is 28.9 Å². The van der Waals surface area contributed by atoms with Gasteiger partial charge < -0.3 is 14.8 Å². The average Bonchev–Trinajstić information content (AvgIpc) is 2.39. The Balaban J connectivity index is 2.31. The van der Waals surface area contributed by atoms with Crippen molar-refractivity contribution in [1.29, 1.82) is 0 Å². The fraction of sp³-hybridized carbons (Fsp3) is 0.857. The first kappa shape index (κ1) is 17.7. The van der Waals surface area contributed by atoms with Gasteiger partial charge in [0.1, 0.15) is 16.1 Å². The molecule has 1 rings (SSSR count). The largest absolute Gasteiger partial charge is 0.464 e. The number of piperidine rings is 1. The standard InChI is InChI=1S/C14H24INO4/c1-10(15)13(18)19-9-6-12(17)20-14(2,3)11-4-7-16-8-5-11/h10-11,16H,4-9H2,1-3H3/p+1. The van der Waals surface area contributed by atoms with Crippen LogP contribution in [0.2, 0.25) is 0 Å². The second-order valence-electron chi connectivity index (χ2n) is 5.75. The van der Waals surface area contributed by atoms with E-state index in [9.17, 15) is 9.59 Å². The molecule has 0 spiro atoms. The average molecular weight is 398 g/mol. The van der Waals surface area contributed by atoms with Gasteiger partial charge in [-0.1, -0.05) is 22.6 Å². The van der Waals surface area contributed by atoms with Crippen molar-refractivity contribution in [2.24, 2.45) is 5.92 Å². The van der Waals surface area contributed by atoms with Crippen LogP contribution in [0.3, 0.4) is 0 Å². The molecule has 0 aliphatic carbocycles. The lowest BCUT2D eigenvalue weighted by Crippen LogP contribution is -2.86. The summed E-state index contributed by atoms with van der Waals surface area (Å²) < 4.78 is 10.4. The highest BCUT2D eigenvalue weighted by atomic mass is 127. The van der Waals surface area contributed by atoms with Crippen molar-refractivity contribution in [3.05, 3.63) is 0 Å². The number of halogens is 1. The normalized spacial score (nSPS) is 18.4. The van der Waals surface area contributed by atoms with Crippen LogP contribution in [0.15, 0.2) is 0 Å². The third-order valence-corrected chi connectivity index (χ3v) is 4.18. The molecule has 5 nitrogen and oxygen atoms in total. The molecule has 6 heteroatoms. The minimum Gasteiger partial charge on any atom is -0.464 e. The summed E-state index contributed by atoms with van der Waals surface area (Å²) in [5, 5.41) is 2.29. The molecule has 0 bridgehead atoms. The van der Waals surface area contributed by atoms with Gasteiger partial charge in [0, 0.05) is 18.8 Å². The molecule has 0 aromatic carbocycles. The van der Waals surface area contributed by atoms with Crippen molar-refractivity contribution in [2.45, 2.75) is 49.6 Å². The lowest BCUT2D eigenvalue weighted by Gasteiger charge is -2.35. The van der Waals surface area contributed by atoms with Gasteiger partial charge in [-0.15, -0.1) is 0 Å². The minimum absolute atomic E-state index is 0.0968. The van der Waals surface area contributed by atoms with E-state index in [0.717, 1.165) is 25.9 Å². The summed E-state index contributed by atoms with van der Waals surface area (Å²) >= 11 is 1.98. The Morgan fingerprint density at radius 2 is 1.95 bits per heavy atom. The van der Waals surface area contributed by atoms with Crippen LogP contribution >= 0.6 is 22.6 Å². The molecule has 0 saturated carbocycles.